The minimum atomic E-state index is -0.275. The summed E-state index contributed by atoms with van der Waals surface area (Å²) in [6.07, 6.45) is 0. The first-order chi connectivity index (χ1) is 11.0. The lowest BCUT2D eigenvalue weighted by atomic mass is 10.1. The van der Waals surface area contributed by atoms with Gasteiger partial charge in [0, 0.05) is 21.3 Å². The maximum Gasteiger partial charge on any atom is 0.273 e. The Morgan fingerprint density at radius 1 is 1.04 bits per heavy atom. The predicted octanol–water partition coefficient (Wildman–Crippen LogP) is 4.94. The molecule has 1 heterocycles. The van der Waals surface area contributed by atoms with Crippen molar-refractivity contribution in [2.45, 2.75) is 6.92 Å². The van der Waals surface area contributed by atoms with Crippen LogP contribution in [0.2, 0.25) is 10.0 Å². The Balaban J connectivity index is 1.81. The Morgan fingerprint density at radius 3 is 2.48 bits per heavy atom. The van der Waals surface area contributed by atoms with E-state index in [9.17, 15) is 4.79 Å². The molecule has 0 spiro atoms. The number of aryl methyl sites for hydroxylation is 1. The maximum atomic E-state index is 12.3. The summed E-state index contributed by atoms with van der Waals surface area (Å²) in [4.78, 5) is 12.3. The van der Waals surface area contributed by atoms with Crippen molar-refractivity contribution in [2.24, 2.45) is 0 Å². The normalized spacial score (nSPS) is 10.6. The van der Waals surface area contributed by atoms with Crippen LogP contribution in [0.5, 0.6) is 0 Å². The summed E-state index contributed by atoms with van der Waals surface area (Å²) in [5.41, 5.74) is 3.53. The molecule has 3 rings (SSSR count). The number of rotatable bonds is 3. The van der Waals surface area contributed by atoms with Crippen LogP contribution in [0.15, 0.2) is 48.5 Å². The number of nitrogens with zero attached hydrogens (tertiary/aromatic N) is 1. The van der Waals surface area contributed by atoms with Gasteiger partial charge in [-0.2, -0.15) is 5.10 Å². The number of benzene rings is 2. The standard InChI is InChI=1S/C17H13Cl2N3O/c1-10-2-5-13(19)8-14(10)20-17(23)16-9-15(21-22-16)11-3-6-12(18)7-4-11/h2-9H,1H3,(H,20,23)(H,21,22). The molecule has 0 aliphatic rings. The van der Waals surface area contributed by atoms with Crippen molar-refractivity contribution in [1.82, 2.24) is 10.2 Å². The van der Waals surface area contributed by atoms with Crippen LogP contribution in [-0.4, -0.2) is 16.1 Å². The number of amides is 1. The van der Waals surface area contributed by atoms with Gasteiger partial charge in [0.25, 0.3) is 5.91 Å². The highest BCUT2D eigenvalue weighted by atomic mass is 35.5. The first kappa shape index (κ1) is 15.6. The number of carbonyl (C=O) groups is 1. The Kier molecular flexibility index (Phi) is 4.37. The molecule has 1 amide bonds. The fourth-order valence-electron chi connectivity index (χ4n) is 2.13. The quantitative estimate of drug-likeness (QED) is 0.705. The van der Waals surface area contributed by atoms with E-state index in [1.165, 1.54) is 0 Å². The molecule has 3 aromatic rings. The van der Waals surface area contributed by atoms with Gasteiger partial charge in [-0.15, -0.1) is 0 Å². The summed E-state index contributed by atoms with van der Waals surface area (Å²) in [7, 11) is 0. The van der Waals surface area contributed by atoms with E-state index >= 15 is 0 Å². The average molecular weight is 346 g/mol. The molecule has 116 valence electrons. The molecular formula is C17H13Cl2N3O. The van der Waals surface area contributed by atoms with Crippen molar-refractivity contribution < 1.29 is 4.79 Å². The summed E-state index contributed by atoms with van der Waals surface area (Å²) >= 11 is 11.8. The number of hydrogen-bond acceptors (Lipinski definition) is 2. The van der Waals surface area contributed by atoms with Crippen LogP contribution in [0.3, 0.4) is 0 Å². The number of aromatic amines is 1. The van der Waals surface area contributed by atoms with Gasteiger partial charge in [0.1, 0.15) is 5.69 Å². The minimum Gasteiger partial charge on any atom is -0.320 e. The SMILES string of the molecule is Cc1ccc(Cl)cc1NC(=O)c1cc(-c2ccc(Cl)cc2)n[nH]1. The van der Waals surface area contributed by atoms with Gasteiger partial charge in [-0.25, -0.2) is 0 Å². The molecule has 0 unspecified atom stereocenters. The fraction of sp³-hybridized carbons (Fsp3) is 0.0588. The molecule has 6 heteroatoms. The van der Waals surface area contributed by atoms with E-state index in [4.69, 9.17) is 23.2 Å². The second kappa shape index (κ2) is 6.44. The molecule has 0 aliphatic carbocycles. The summed E-state index contributed by atoms with van der Waals surface area (Å²) in [5.74, 6) is -0.275. The second-order valence-corrected chi connectivity index (χ2v) is 5.96. The molecule has 23 heavy (non-hydrogen) atoms. The van der Waals surface area contributed by atoms with Crippen LogP contribution < -0.4 is 5.32 Å². The van der Waals surface area contributed by atoms with Crippen LogP contribution in [-0.2, 0) is 0 Å². The zero-order chi connectivity index (χ0) is 16.4. The van der Waals surface area contributed by atoms with Crippen LogP contribution in [0.25, 0.3) is 11.3 Å². The molecule has 0 atom stereocenters. The highest BCUT2D eigenvalue weighted by Crippen LogP contribution is 2.23. The minimum absolute atomic E-state index is 0.275. The van der Waals surface area contributed by atoms with Gasteiger partial charge in [0.15, 0.2) is 0 Å². The van der Waals surface area contributed by atoms with Crippen LogP contribution in [0.1, 0.15) is 16.1 Å². The molecule has 0 saturated heterocycles. The van der Waals surface area contributed by atoms with Gasteiger partial charge in [0.2, 0.25) is 0 Å². The summed E-state index contributed by atoms with van der Waals surface area (Å²) in [6.45, 7) is 1.90. The molecule has 1 aromatic heterocycles. The molecule has 0 saturated carbocycles. The second-order valence-electron chi connectivity index (χ2n) is 5.09. The Bertz CT molecular complexity index is 857. The zero-order valence-corrected chi connectivity index (χ0v) is 13.7. The van der Waals surface area contributed by atoms with Crippen LogP contribution >= 0.6 is 23.2 Å². The van der Waals surface area contributed by atoms with Crippen molar-refractivity contribution in [3.8, 4) is 11.3 Å². The number of H-pyrrole nitrogens is 1. The van der Waals surface area contributed by atoms with E-state index in [0.29, 0.717) is 27.1 Å². The number of carbonyl (C=O) groups excluding carboxylic acids is 1. The summed E-state index contributed by atoms with van der Waals surface area (Å²) < 4.78 is 0. The molecule has 0 fully saturated rings. The van der Waals surface area contributed by atoms with Gasteiger partial charge in [-0.1, -0.05) is 41.4 Å². The Morgan fingerprint density at radius 2 is 1.74 bits per heavy atom. The van der Waals surface area contributed by atoms with E-state index in [0.717, 1.165) is 11.1 Å². The number of nitrogens with one attached hydrogen (secondary N) is 2. The van der Waals surface area contributed by atoms with E-state index in [1.807, 2.05) is 25.1 Å². The van der Waals surface area contributed by atoms with Crippen molar-refractivity contribution in [2.75, 3.05) is 5.32 Å². The monoisotopic (exact) mass is 345 g/mol. The molecule has 0 bridgehead atoms. The molecule has 0 aliphatic heterocycles. The van der Waals surface area contributed by atoms with Gasteiger partial charge in [-0.3, -0.25) is 9.89 Å². The van der Waals surface area contributed by atoms with Crippen molar-refractivity contribution in [1.29, 1.82) is 0 Å². The van der Waals surface area contributed by atoms with Crippen molar-refractivity contribution in [3.63, 3.8) is 0 Å². The Labute approximate surface area is 143 Å². The topological polar surface area (TPSA) is 57.8 Å². The predicted molar refractivity (Wildman–Crippen MR) is 93.2 cm³/mol. The lowest BCUT2D eigenvalue weighted by Gasteiger charge is -2.07. The highest BCUT2D eigenvalue weighted by molar-refractivity contribution is 6.31. The third kappa shape index (κ3) is 3.55. The van der Waals surface area contributed by atoms with Gasteiger partial charge in [0.05, 0.1) is 5.69 Å². The number of hydrogen-bond donors (Lipinski definition) is 2. The third-order valence-electron chi connectivity index (χ3n) is 3.41. The van der Waals surface area contributed by atoms with E-state index in [-0.39, 0.29) is 5.91 Å². The van der Waals surface area contributed by atoms with E-state index in [2.05, 4.69) is 15.5 Å². The first-order valence-corrected chi connectivity index (χ1v) is 7.67. The molecular weight excluding hydrogens is 333 g/mol. The van der Waals surface area contributed by atoms with E-state index < -0.39 is 0 Å². The Hall–Kier alpha value is -2.30. The fourth-order valence-corrected chi connectivity index (χ4v) is 2.42. The third-order valence-corrected chi connectivity index (χ3v) is 3.90. The molecule has 2 N–H and O–H groups in total. The van der Waals surface area contributed by atoms with Crippen LogP contribution in [0.4, 0.5) is 5.69 Å². The smallest absolute Gasteiger partial charge is 0.273 e. The lowest BCUT2D eigenvalue weighted by molar-refractivity contribution is 0.102. The molecule has 4 nitrogen and oxygen atoms in total. The van der Waals surface area contributed by atoms with Crippen molar-refractivity contribution in [3.05, 3.63) is 69.8 Å². The van der Waals surface area contributed by atoms with Crippen LogP contribution in [0, 0.1) is 6.92 Å². The lowest BCUT2D eigenvalue weighted by Crippen LogP contribution is -2.13. The maximum absolute atomic E-state index is 12.3. The highest BCUT2D eigenvalue weighted by Gasteiger charge is 2.12. The largest absolute Gasteiger partial charge is 0.320 e. The summed E-state index contributed by atoms with van der Waals surface area (Å²) in [6, 6.07) is 14.3. The number of aromatic nitrogens is 2. The molecule has 2 aromatic carbocycles. The van der Waals surface area contributed by atoms with Gasteiger partial charge < -0.3 is 5.32 Å². The van der Waals surface area contributed by atoms with Gasteiger partial charge >= 0.3 is 0 Å². The summed E-state index contributed by atoms with van der Waals surface area (Å²) in [5, 5.41) is 11.0. The van der Waals surface area contributed by atoms with Crippen molar-refractivity contribution >= 4 is 34.8 Å². The van der Waals surface area contributed by atoms with E-state index in [1.54, 1.807) is 30.3 Å². The number of halogens is 2. The zero-order valence-electron chi connectivity index (χ0n) is 12.2. The molecule has 0 radical (unpaired) electrons. The van der Waals surface area contributed by atoms with Gasteiger partial charge in [-0.05, 0) is 42.8 Å². The average Bonchev–Trinajstić information content (AvgIpc) is 3.02. The number of anilines is 1. The first-order valence-electron chi connectivity index (χ1n) is 6.92.